The second-order valence-electron chi connectivity index (χ2n) is 10.6. The van der Waals surface area contributed by atoms with Gasteiger partial charge in [-0.05, 0) is 43.2 Å². The summed E-state index contributed by atoms with van der Waals surface area (Å²) in [6.07, 6.45) is -11.1. The van der Waals surface area contributed by atoms with Gasteiger partial charge in [0.15, 0.2) is 5.60 Å². The minimum absolute atomic E-state index is 0.208. The van der Waals surface area contributed by atoms with Crippen molar-refractivity contribution in [3.8, 4) is 17.2 Å². The van der Waals surface area contributed by atoms with Crippen LogP contribution in [0.5, 0.6) is 17.2 Å². The summed E-state index contributed by atoms with van der Waals surface area (Å²) in [6, 6.07) is 16.0. The number of halogens is 2. The zero-order valence-electron chi connectivity index (χ0n) is 23.1. The molecule has 3 aliphatic heterocycles. The van der Waals surface area contributed by atoms with Crippen molar-refractivity contribution in [2.75, 3.05) is 24.6 Å². The lowest BCUT2D eigenvalue weighted by atomic mass is 9.77. The molecule has 3 aliphatic rings. The van der Waals surface area contributed by atoms with Crippen LogP contribution in [0.15, 0.2) is 54.6 Å². The monoisotopic (exact) mass is 585 g/mol. The predicted molar refractivity (Wildman–Crippen MR) is 147 cm³/mol. The molecule has 224 valence electrons. The van der Waals surface area contributed by atoms with Crippen LogP contribution < -0.4 is 14.4 Å². The second-order valence-corrected chi connectivity index (χ2v) is 10.6. The molecule has 1 saturated heterocycles. The van der Waals surface area contributed by atoms with Crippen molar-refractivity contribution in [2.45, 2.75) is 63.2 Å². The maximum atomic E-state index is 14.6. The lowest BCUT2D eigenvalue weighted by molar-refractivity contribution is -0.277. The fourth-order valence-corrected chi connectivity index (χ4v) is 6.13. The molecule has 1 unspecified atom stereocenters. The number of benzene rings is 3. The standard InChI is InChI=1S/C31H33F2NO8/c1-3-34(4-2)17-9-10-20-23(11-17)40-24-13-22(41-30-28(38)27(37)26(36)25(14-35)42-30)18(29(32)33)12-21(24)31(20)19-8-6-5-7-16(19)15-39-31/h5-13,25-30,35-38H,3-4,14-15H2,1-2H3/t25-,26+,27+,28-,30-,31?/m1/s1. The molecular formula is C31H33F2NO8. The number of alkyl halides is 2. The van der Waals surface area contributed by atoms with Gasteiger partial charge < -0.3 is 44.3 Å². The number of hydrogen-bond acceptors (Lipinski definition) is 9. The molecule has 0 bridgehead atoms. The summed E-state index contributed by atoms with van der Waals surface area (Å²) < 4.78 is 53.3. The van der Waals surface area contributed by atoms with Gasteiger partial charge in [-0.1, -0.05) is 24.3 Å². The molecule has 6 rings (SSSR count). The van der Waals surface area contributed by atoms with E-state index in [4.69, 9.17) is 18.9 Å². The number of aliphatic hydroxyl groups is 4. The Morgan fingerprint density at radius 3 is 2.38 bits per heavy atom. The van der Waals surface area contributed by atoms with E-state index in [0.717, 1.165) is 29.9 Å². The molecule has 1 spiro atoms. The van der Waals surface area contributed by atoms with Gasteiger partial charge in [0.1, 0.15) is 41.7 Å². The zero-order chi connectivity index (χ0) is 29.8. The van der Waals surface area contributed by atoms with Crippen molar-refractivity contribution >= 4 is 5.69 Å². The number of rotatable bonds is 7. The summed E-state index contributed by atoms with van der Waals surface area (Å²) in [5.74, 6) is 0.352. The third kappa shape index (κ3) is 4.43. The zero-order valence-corrected chi connectivity index (χ0v) is 23.1. The third-order valence-electron chi connectivity index (χ3n) is 8.35. The number of fused-ring (bicyclic) bond motifs is 6. The molecule has 3 aromatic rings. The van der Waals surface area contributed by atoms with Gasteiger partial charge in [0.2, 0.25) is 6.29 Å². The van der Waals surface area contributed by atoms with Crippen molar-refractivity contribution in [1.82, 2.24) is 0 Å². The fourth-order valence-electron chi connectivity index (χ4n) is 6.13. The van der Waals surface area contributed by atoms with Crippen LogP contribution in [0, 0.1) is 0 Å². The van der Waals surface area contributed by atoms with Crippen LogP contribution in [-0.4, -0.2) is 70.8 Å². The topological polar surface area (TPSA) is 121 Å². The average Bonchev–Trinajstić information content (AvgIpc) is 3.37. The van der Waals surface area contributed by atoms with Crippen LogP contribution in [0.1, 0.15) is 48.1 Å². The van der Waals surface area contributed by atoms with Crippen molar-refractivity contribution in [3.05, 3.63) is 82.4 Å². The molecule has 1 fully saturated rings. The quantitative estimate of drug-likeness (QED) is 0.330. The number of anilines is 1. The molecule has 0 radical (unpaired) electrons. The molecule has 4 N–H and O–H groups in total. The molecule has 0 aliphatic carbocycles. The van der Waals surface area contributed by atoms with E-state index in [2.05, 4.69) is 4.90 Å². The number of ether oxygens (including phenoxy) is 4. The smallest absolute Gasteiger partial charge is 0.267 e. The van der Waals surface area contributed by atoms with Crippen LogP contribution in [0.4, 0.5) is 14.5 Å². The molecule has 3 heterocycles. The van der Waals surface area contributed by atoms with Crippen LogP contribution in [-0.2, 0) is 21.7 Å². The first-order valence-corrected chi connectivity index (χ1v) is 14.0. The van der Waals surface area contributed by atoms with E-state index in [1.807, 2.05) is 56.3 Å². The van der Waals surface area contributed by atoms with Gasteiger partial charge in [0, 0.05) is 42.0 Å². The van der Waals surface area contributed by atoms with Crippen LogP contribution >= 0.6 is 0 Å². The van der Waals surface area contributed by atoms with Crippen molar-refractivity contribution in [1.29, 1.82) is 0 Å². The van der Waals surface area contributed by atoms with Crippen LogP contribution in [0.2, 0.25) is 0 Å². The lowest BCUT2D eigenvalue weighted by Crippen LogP contribution is -2.60. The van der Waals surface area contributed by atoms with E-state index in [1.165, 1.54) is 12.1 Å². The Morgan fingerprint density at radius 1 is 0.929 bits per heavy atom. The van der Waals surface area contributed by atoms with Gasteiger partial charge in [-0.3, -0.25) is 0 Å². The Hall–Kier alpha value is -3.32. The van der Waals surface area contributed by atoms with Gasteiger partial charge in [-0.25, -0.2) is 8.78 Å². The first-order chi connectivity index (χ1) is 20.2. The van der Waals surface area contributed by atoms with Crippen molar-refractivity contribution in [2.24, 2.45) is 0 Å². The predicted octanol–water partition coefficient (Wildman–Crippen LogP) is 3.58. The van der Waals surface area contributed by atoms with E-state index < -0.39 is 54.9 Å². The molecule has 0 amide bonds. The summed E-state index contributed by atoms with van der Waals surface area (Å²) >= 11 is 0. The molecule has 42 heavy (non-hydrogen) atoms. The number of hydrogen-bond donors (Lipinski definition) is 4. The summed E-state index contributed by atoms with van der Waals surface area (Å²) in [7, 11) is 0. The highest BCUT2D eigenvalue weighted by molar-refractivity contribution is 5.68. The average molecular weight is 586 g/mol. The maximum Gasteiger partial charge on any atom is 0.267 e. The minimum atomic E-state index is -3.00. The molecule has 0 saturated carbocycles. The van der Waals surface area contributed by atoms with E-state index >= 15 is 0 Å². The second kappa shape index (κ2) is 11.1. The van der Waals surface area contributed by atoms with E-state index in [9.17, 15) is 29.2 Å². The Morgan fingerprint density at radius 2 is 1.67 bits per heavy atom. The largest absolute Gasteiger partial charge is 0.461 e. The third-order valence-corrected chi connectivity index (χ3v) is 8.35. The lowest BCUT2D eigenvalue weighted by Gasteiger charge is -2.40. The highest BCUT2D eigenvalue weighted by Gasteiger charge is 2.51. The normalized spacial score (nSPS) is 27.8. The van der Waals surface area contributed by atoms with Gasteiger partial charge in [-0.15, -0.1) is 0 Å². The molecule has 0 aromatic heterocycles. The van der Waals surface area contributed by atoms with Gasteiger partial charge >= 0.3 is 0 Å². The molecular weight excluding hydrogens is 552 g/mol. The van der Waals surface area contributed by atoms with Gasteiger partial charge in [0.05, 0.1) is 18.8 Å². The molecule has 3 aromatic carbocycles. The minimum Gasteiger partial charge on any atom is -0.461 e. The van der Waals surface area contributed by atoms with E-state index in [-0.39, 0.29) is 18.1 Å². The van der Waals surface area contributed by atoms with Gasteiger partial charge in [0.25, 0.3) is 6.43 Å². The molecule has 6 atom stereocenters. The summed E-state index contributed by atoms with van der Waals surface area (Å²) in [4.78, 5) is 2.16. The summed E-state index contributed by atoms with van der Waals surface area (Å²) in [6.45, 7) is 5.21. The van der Waals surface area contributed by atoms with E-state index in [1.54, 1.807) is 0 Å². The van der Waals surface area contributed by atoms with Crippen molar-refractivity contribution < 1.29 is 48.2 Å². The van der Waals surface area contributed by atoms with E-state index in [0.29, 0.717) is 16.9 Å². The Balaban J connectivity index is 1.50. The fraction of sp³-hybridized carbons (Fsp3) is 0.419. The molecule has 11 heteroatoms. The van der Waals surface area contributed by atoms with Gasteiger partial charge in [-0.2, -0.15) is 0 Å². The Labute approximate surface area is 241 Å². The molecule has 9 nitrogen and oxygen atoms in total. The highest BCUT2D eigenvalue weighted by Crippen LogP contribution is 2.58. The number of aliphatic hydroxyl groups excluding tert-OH is 4. The Bertz CT molecular complexity index is 1460. The summed E-state index contributed by atoms with van der Waals surface area (Å²) in [5, 5.41) is 40.4. The first kappa shape index (κ1) is 28.8. The van der Waals surface area contributed by atoms with Crippen LogP contribution in [0.3, 0.4) is 0 Å². The van der Waals surface area contributed by atoms with Crippen molar-refractivity contribution in [3.63, 3.8) is 0 Å². The first-order valence-electron chi connectivity index (χ1n) is 14.0. The SMILES string of the molecule is CCN(CC)c1ccc2c(c1)Oc1cc(O[C@@H]3O[C@H](CO)[C@H](O)[C@H](O)[C@H]3O)c(C(F)F)cc1C21OCc2ccccc21. The maximum absolute atomic E-state index is 14.6. The Kier molecular flexibility index (Phi) is 7.58. The highest BCUT2D eigenvalue weighted by atomic mass is 19.3. The number of nitrogens with zero attached hydrogens (tertiary/aromatic N) is 1. The van der Waals surface area contributed by atoms with Crippen LogP contribution in [0.25, 0.3) is 0 Å². The summed E-state index contributed by atoms with van der Waals surface area (Å²) in [5.41, 5.74) is 1.96.